The number of aldehydes is 1. The highest BCUT2D eigenvalue weighted by Gasteiger charge is 2.07. The van der Waals surface area contributed by atoms with Gasteiger partial charge in [0, 0.05) is 11.8 Å². The van der Waals surface area contributed by atoms with E-state index in [0.717, 1.165) is 33.9 Å². The molecule has 34 heavy (non-hydrogen) atoms. The highest BCUT2D eigenvalue weighted by atomic mass is 16.1. The molecule has 3 rings (SSSR count). The Balaban J connectivity index is 0.000000326. The summed E-state index contributed by atoms with van der Waals surface area (Å²) in [6.45, 7) is 10.3. The van der Waals surface area contributed by atoms with Crippen molar-refractivity contribution in [3.8, 4) is 0 Å². The van der Waals surface area contributed by atoms with Crippen LogP contribution in [0.4, 0.5) is 5.82 Å². The lowest BCUT2D eigenvalue weighted by Crippen LogP contribution is -2.23. The van der Waals surface area contributed by atoms with Gasteiger partial charge in [0.25, 0.3) is 0 Å². The van der Waals surface area contributed by atoms with Crippen LogP contribution >= 0.6 is 0 Å². The Hall–Kier alpha value is -3.84. The van der Waals surface area contributed by atoms with Crippen molar-refractivity contribution >= 4 is 41.1 Å². The van der Waals surface area contributed by atoms with E-state index < -0.39 is 5.91 Å². The highest BCUT2D eigenvalue weighted by molar-refractivity contribution is 5.90. The van der Waals surface area contributed by atoms with E-state index in [1.54, 1.807) is 0 Å². The molecule has 0 fully saturated rings. The van der Waals surface area contributed by atoms with E-state index >= 15 is 0 Å². The van der Waals surface area contributed by atoms with Crippen LogP contribution in [-0.2, 0) is 22.6 Å². The summed E-state index contributed by atoms with van der Waals surface area (Å²) in [6, 6.07) is 13.6. The van der Waals surface area contributed by atoms with Crippen LogP contribution in [0.1, 0.15) is 43.3 Å². The summed E-state index contributed by atoms with van der Waals surface area (Å²) >= 11 is 0. The van der Waals surface area contributed by atoms with E-state index in [1.807, 2.05) is 88.5 Å². The second kappa shape index (κ2) is 15.9. The lowest BCUT2D eigenvalue weighted by molar-refractivity contribution is -0.116. The number of fused-ring (bicyclic) bond motifs is 1. The number of aromatic nitrogens is 2. The summed E-state index contributed by atoms with van der Waals surface area (Å²) < 4.78 is 0. The molecule has 0 spiro atoms. The number of nitrogens with zero attached hydrogens (tertiary/aromatic N) is 2. The summed E-state index contributed by atoms with van der Waals surface area (Å²) in [4.78, 5) is 30.0. The first-order valence-corrected chi connectivity index (χ1v) is 11.3. The van der Waals surface area contributed by atoms with Crippen molar-refractivity contribution < 1.29 is 9.59 Å². The fourth-order valence-corrected chi connectivity index (χ4v) is 3.02. The van der Waals surface area contributed by atoms with Crippen molar-refractivity contribution in [1.29, 1.82) is 0 Å². The van der Waals surface area contributed by atoms with Crippen LogP contribution in [0.5, 0.6) is 0 Å². The molecular weight excluding hydrogens is 426 g/mol. The van der Waals surface area contributed by atoms with Gasteiger partial charge in [-0.2, -0.15) is 0 Å². The van der Waals surface area contributed by atoms with Gasteiger partial charge in [-0.15, -0.1) is 0 Å². The second-order valence-electron chi connectivity index (χ2n) is 6.89. The zero-order valence-corrected chi connectivity index (χ0v) is 20.5. The fraction of sp³-hybridized carbons (Fsp3) is 0.259. The minimum Gasteiger partial charge on any atom is -0.368 e. The van der Waals surface area contributed by atoms with Gasteiger partial charge in [0.05, 0.1) is 18.6 Å². The number of carbonyl (C=O) groups is 2. The molecule has 0 radical (unpaired) electrons. The average molecular weight is 462 g/mol. The monoisotopic (exact) mass is 461 g/mol. The quantitative estimate of drug-likeness (QED) is 0.408. The Bertz CT molecular complexity index is 1110. The number of primary amides is 1. The average Bonchev–Trinajstić information content (AvgIpc) is 2.85. The Morgan fingerprint density at radius 1 is 1.12 bits per heavy atom. The number of anilines is 1. The summed E-state index contributed by atoms with van der Waals surface area (Å²) in [5.74, 6) is 0.876. The second-order valence-corrected chi connectivity index (χ2v) is 6.89. The standard InChI is InChI=1S/C13H14O.C12H15N5O.C2H6/c1-3-5-13-10-11(8-9-14)6-7-12(13)4-2;1-14-7-11-16-9-5-3-2-4-8(9)12(17-11)15-6-10(13)18;1-2/h3-7,9-10H,2,8H2,1H3;2-5,14H,6-7H2,1H3,(H2,13,18)(H,15,16,17);1-2H3/b5-3-;;. The van der Waals surface area contributed by atoms with E-state index in [9.17, 15) is 9.59 Å². The van der Waals surface area contributed by atoms with Crippen LogP contribution in [0.25, 0.3) is 23.1 Å². The Labute approximate surface area is 202 Å². The summed E-state index contributed by atoms with van der Waals surface area (Å²) in [6.07, 6.45) is 7.21. The summed E-state index contributed by atoms with van der Waals surface area (Å²) in [7, 11) is 1.83. The Morgan fingerprint density at radius 2 is 1.85 bits per heavy atom. The highest BCUT2D eigenvalue weighted by Crippen LogP contribution is 2.19. The van der Waals surface area contributed by atoms with Crippen molar-refractivity contribution in [1.82, 2.24) is 15.3 Å². The minimum absolute atomic E-state index is 0.0556. The number of amides is 1. The molecule has 0 saturated carbocycles. The number of hydrogen-bond donors (Lipinski definition) is 3. The number of benzene rings is 2. The molecule has 180 valence electrons. The zero-order valence-electron chi connectivity index (χ0n) is 20.5. The van der Waals surface area contributed by atoms with E-state index in [-0.39, 0.29) is 6.54 Å². The fourth-order valence-electron chi connectivity index (χ4n) is 3.02. The van der Waals surface area contributed by atoms with Crippen molar-refractivity contribution in [3.05, 3.63) is 77.6 Å². The van der Waals surface area contributed by atoms with Crippen LogP contribution in [0.2, 0.25) is 0 Å². The van der Waals surface area contributed by atoms with Gasteiger partial charge in [-0.25, -0.2) is 9.97 Å². The van der Waals surface area contributed by atoms with Gasteiger partial charge >= 0.3 is 0 Å². The molecule has 7 heteroatoms. The predicted octanol–water partition coefficient (Wildman–Crippen LogP) is 4.38. The zero-order chi connectivity index (χ0) is 25.3. The van der Waals surface area contributed by atoms with Crippen molar-refractivity contribution in [2.24, 2.45) is 5.73 Å². The van der Waals surface area contributed by atoms with Gasteiger partial charge < -0.3 is 21.2 Å². The third kappa shape index (κ3) is 8.96. The van der Waals surface area contributed by atoms with Crippen LogP contribution in [0.3, 0.4) is 0 Å². The SMILES string of the molecule is C=Cc1ccc(CC=O)cc1/C=C\C.CC.CNCc1nc(NCC(N)=O)c2ccccc2n1. The van der Waals surface area contributed by atoms with Gasteiger partial charge in [-0.05, 0) is 42.8 Å². The van der Waals surface area contributed by atoms with Crippen molar-refractivity contribution in [2.45, 2.75) is 33.7 Å². The maximum Gasteiger partial charge on any atom is 0.236 e. The first-order chi connectivity index (χ1) is 16.5. The smallest absolute Gasteiger partial charge is 0.236 e. The van der Waals surface area contributed by atoms with E-state index in [0.29, 0.717) is 24.6 Å². The normalized spacial score (nSPS) is 10.0. The maximum absolute atomic E-state index is 10.8. The molecule has 0 atom stereocenters. The van der Waals surface area contributed by atoms with Crippen LogP contribution in [0.15, 0.2) is 55.1 Å². The molecule has 0 saturated heterocycles. The van der Waals surface area contributed by atoms with Gasteiger partial charge in [-0.1, -0.05) is 69.0 Å². The Morgan fingerprint density at radius 3 is 2.47 bits per heavy atom. The molecule has 7 nitrogen and oxygen atoms in total. The third-order valence-electron chi connectivity index (χ3n) is 4.45. The molecule has 0 aliphatic heterocycles. The molecule has 1 aromatic heterocycles. The number of hydrogen-bond acceptors (Lipinski definition) is 6. The molecular formula is C27H35N5O2. The minimum atomic E-state index is -0.423. The lowest BCUT2D eigenvalue weighted by atomic mass is 10.0. The van der Waals surface area contributed by atoms with E-state index in [1.165, 1.54) is 0 Å². The summed E-state index contributed by atoms with van der Waals surface area (Å²) in [5, 5.41) is 6.80. The van der Waals surface area contributed by atoms with Gasteiger partial charge in [0.15, 0.2) is 0 Å². The summed E-state index contributed by atoms with van der Waals surface area (Å²) in [5.41, 5.74) is 9.21. The number of nitrogens with two attached hydrogens (primary N) is 1. The molecule has 2 aromatic carbocycles. The first-order valence-electron chi connectivity index (χ1n) is 11.3. The molecule has 1 heterocycles. The van der Waals surface area contributed by atoms with Crippen molar-refractivity contribution in [2.75, 3.05) is 18.9 Å². The van der Waals surface area contributed by atoms with Crippen LogP contribution in [0, 0.1) is 0 Å². The number of allylic oxidation sites excluding steroid dienone is 1. The lowest BCUT2D eigenvalue weighted by Gasteiger charge is -2.09. The molecule has 0 bridgehead atoms. The number of carbonyl (C=O) groups excluding carboxylic acids is 2. The van der Waals surface area contributed by atoms with Crippen LogP contribution in [-0.4, -0.2) is 35.8 Å². The molecule has 0 aliphatic rings. The largest absolute Gasteiger partial charge is 0.368 e. The van der Waals surface area contributed by atoms with E-state index in [4.69, 9.17) is 5.73 Å². The van der Waals surface area contributed by atoms with Gasteiger partial charge in [-0.3, -0.25) is 4.79 Å². The number of rotatable bonds is 9. The topological polar surface area (TPSA) is 110 Å². The van der Waals surface area contributed by atoms with Crippen molar-refractivity contribution in [3.63, 3.8) is 0 Å². The number of para-hydroxylation sites is 1. The third-order valence-corrected chi connectivity index (χ3v) is 4.45. The number of nitrogens with one attached hydrogen (secondary N) is 2. The predicted molar refractivity (Wildman–Crippen MR) is 142 cm³/mol. The van der Waals surface area contributed by atoms with Gasteiger partial charge in [0.1, 0.15) is 17.9 Å². The first kappa shape index (κ1) is 28.2. The molecule has 0 aliphatic carbocycles. The molecule has 0 unspecified atom stereocenters. The maximum atomic E-state index is 10.8. The van der Waals surface area contributed by atoms with Crippen LogP contribution < -0.4 is 16.4 Å². The molecule has 3 aromatic rings. The van der Waals surface area contributed by atoms with E-state index in [2.05, 4.69) is 27.2 Å². The molecule has 4 N–H and O–H groups in total. The molecule has 1 amide bonds. The van der Waals surface area contributed by atoms with Gasteiger partial charge in [0.2, 0.25) is 5.91 Å². The Kier molecular flexibility index (Phi) is 13.2.